The third kappa shape index (κ3) is 4.47. The number of hydrogen-bond acceptors (Lipinski definition) is 6. The molecule has 178 valence electrons. The molecule has 35 heavy (non-hydrogen) atoms. The summed E-state index contributed by atoms with van der Waals surface area (Å²) in [7, 11) is 0. The Kier molecular flexibility index (Phi) is 5.62. The van der Waals surface area contributed by atoms with E-state index >= 15 is 0 Å². The van der Waals surface area contributed by atoms with E-state index in [4.69, 9.17) is 21.3 Å². The van der Waals surface area contributed by atoms with E-state index in [1.807, 2.05) is 48.3 Å². The van der Waals surface area contributed by atoms with Crippen LogP contribution in [0.3, 0.4) is 0 Å². The van der Waals surface area contributed by atoms with Gasteiger partial charge in [-0.1, -0.05) is 11.6 Å². The van der Waals surface area contributed by atoms with Crippen LogP contribution in [0.4, 0.5) is 0 Å². The number of halogens is 1. The van der Waals surface area contributed by atoms with Crippen LogP contribution in [-0.4, -0.2) is 40.9 Å². The summed E-state index contributed by atoms with van der Waals surface area (Å²) in [6, 6.07) is 9.34. The fourth-order valence-corrected chi connectivity index (χ4v) is 4.98. The van der Waals surface area contributed by atoms with Gasteiger partial charge in [0.1, 0.15) is 27.9 Å². The molecule has 6 rings (SSSR count). The fraction of sp³-hybridized carbons (Fsp3) is 0.308. The number of imidazole rings is 1. The third-order valence-electron chi connectivity index (χ3n) is 6.61. The maximum absolute atomic E-state index is 9.74. The maximum atomic E-state index is 9.74. The molecule has 0 spiro atoms. The monoisotopic (exact) mass is 488 g/mol. The van der Waals surface area contributed by atoms with Gasteiger partial charge in [0.15, 0.2) is 0 Å². The highest BCUT2D eigenvalue weighted by atomic mass is 35.5. The molecule has 0 aliphatic heterocycles. The molecule has 3 aromatic heterocycles. The van der Waals surface area contributed by atoms with Crippen LogP contribution in [0, 0.1) is 12.8 Å². The molecule has 1 fully saturated rings. The Bertz CT molecular complexity index is 1520. The second kappa shape index (κ2) is 8.94. The average molecular weight is 489 g/mol. The number of aryl methyl sites for hydroxylation is 1. The van der Waals surface area contributed by atoms with Gasteiger partial charge >= 0.3 is 0 Å². The Balaban J connectivity index is 1.25. The smallest absolute Gasteiger partial charge is 0.148 e. The van der Waals surface area contributed by atoms with E-state index in [1.165, 1.54) is 0 Å². The van der Waals surface area contributed by atoms with Crippen LogP contribution in [0.5, 0.6) is 11.5 Å². The van der Waals surface area contributed by atoms with Crippen LogP contribution in [0.15, 0.2) is 48.9 Å². The molecule has 2 aromatic carbocycles. The van der Waals surface area contributed by atoms with Crippen LogP contribution in [-0.2, 0) is 6.54 Å². The van der Waals surface area contributed by atoms with Crippen LogP contribution < -0.4 is 4.74 Å². The van der Waals surface area contributed by atoms with Crippen LogP contribution in [0.2, 0.25) is 5.02 Å². The van der Waals surface area contributed by atoms with Gasteiger partial charge in [0.05, 0.1) is 40.7 Å². The number of aromatic nitrogens is 6. The highest BCUT2D eigenvalue weighted by molar-refractivity contribution is 6.36. The number of hydrogen-bond donors (Lipinski definition) is 2. The minimum absolute atomic E-state index is 0.150. The first kappa shape index (κ1) is 22.0. The highest BCUT2D eigenvalue weighted by Gasteiger charge is 2.20. The highest BCUT2D eigenvalue weighted by Crippen LogP contribution is 2.35. The minimum atomic E-state index is -0.150. The SMILES string of the molecule is Cc1nc2ccc(Oc3ccc4ncc(-c5cnn(CC6CCC(O)CC6)c5)nc4c3Cl)cc2[nH]1. The fourth-order valence-electron chi connectivity index (χ4n) is 4.74. The maximum Gasteiger partial charge on any atom is 0.148 e. The molecular formula is C26H25ClN6O2. The van der Waals surface area contributed by atoms with E-state index in [9.17, 15) is 5.11 Å². The number of benzene rings is 2. The van der Waals surface area contributed by atoms with E-state index in [2.05, 4.69) is 20.1 Å². The second-order valence-corrected chi connectivity index (χ2v) is 9.61. The van der Waals surface area contributed by atoms with Crippen molar-refractivity contribution in [1.82, 2.24) is 29.7 Å². The van der Waals surface area contributed by atoms with Gasteiger partial charge in [0.2, 0.25) is 0 Å². The van der Waals surface area contributed by atoms with E-state index in [0.29, 0.717) is 39.2 Å². The van der Waals surface area contributed by atoms with Crippen molar-refractivity contribution >= 4 is 33.7 Å². The Hall–Kier alpha value is -3.49. The third-order valence-corrected chi connectivity index (χ3v) is 6.97. The topological polar surface area (TPSA) is 102 Å². The molecule has 9 heteroatoms. The molecular weight excluding hydrogens is 464 g/mol. The minimum Gasteiger partial charge on any atom is -0.456 e. The molecule has 2 N–H and O–H groups in total. The van der Waals surface area contributed by atoms with Gasteiger partial charge in [0.25, 0.3) is 0 Å². The first-order valence-corrected chi connectivity index (χ1v) is 12.2. The van der Waals surface area contributed by atoms with Crippen molar-refractivity contribution < 1.29 is 9.84 Å². The standard InChI is InChI=1S/C26H25ClN6O2/c1-15-30-20-7-6-19(10-22(20)31-15)35-24-9-8-21-26(25(24)27)32-23(12-28-21)17-11-29-33(14-17)13-16-2-4-18(34)5-3-16/h6-12,14,16,18,34H,2-5,13H2,1H3,(H,30,31). The van der Waals surface area contributed by atoms with Crippen molar-refractivity contribution in [3.8, 4) is 22.8 Å². The van der Waals surface area contributed by atoms with Gasteiger partial charge in [-0.15, -0.1) is 0 Å². The van der Waals surface area contributed by atoms with Gasteiger partial charge in [0, 0.05) is 24.4 Å². The number of fused-ring (bicyclic) bond motifs is 2. The van der Waals surface area contributed by atoms with Crippen LogP contribution >= 0.6 is 11.6 Å². The van der Waals surface area contributed by atoms with Crippen molar-refractivity contribution in [2.24, 2.45) is 5.92 Å². The van der Waals surface area contributed by atoms with Crippen LogP contribution in [0.25, 0.3) is 33.3 Å². The summed E-state index contributed by atoms with van der Waals surface area (Å²) in [5.74, 6) is 2.55. The van der Waals surface area contributed by atoms with Crippen molar-refractivity contribution in [2.75, 3.05) is 0 Å². The number of ether oxygens (including phenoxy) is 1. The first-order chi connectivity index (χ1) is 17.0. The Morgan fingerprint density at radius 1 is 1.09 bits per heavy atom. The summed E-state index contributed by atoms with van der Waals surface area (Å²) in [5, 5.41) is 14.7. The zero-order valence-electron chi connectivity index (χ0n) is 19.3. The predicted molar refractivity (Wildman–Crippen MR) is 135 cm³/mol. The molecule has 0 amide bonds. The number of aliphatic hydroxyl groups is 1. The zero-order chi connectivity index (χ0) is 23.9. The van der Waals surface area contributed by atoms with Crippen molar-refractivity contribution in [3.05, 3.63) is 59.8 Å². The van der Waals surface area contributed by atoms with Gasteiger partial charge in [-0.3, -0.25) is 9.67 Å². The molecule has 0 radical (unpaired) electrons. The van der Waals surface area contributed by atoms with E-state index in [1.54, 1.807) is 12.3 Å². The molecule has 0 bridgehead atoms. The van der Waals surface area contributed by atoms with E-state index < -0.39 is 0 Å². The molecule has 0 unspecified atom stereocenters. The molecule has 8 nitrogen and oxygen atoms in total. The summed E-state index contributed by atoms with van der Waals surface area (Å²) in [6.45, 7) is 2.76. The zero-order valence-corrected chi connectivity index (χ0v) is 20.0. The number of nitrogens with one attached hydrogen (secondary N) is 1. The number of nitrogens with zero attached hydrogens (tertiary/aromatic N) is 5. The molecule has 3 heterocycles. The first-order valence-electron chi connectivity index (χ1n) is 11.8. The lowest BCUT2D eigenvalue weighted by Crippen LogP contribution is -2.21. The lowest BCUT2D eigenvalue weighted by Gasteiger charge is -2.25. The molecule has 5 aromatic rings. The summed E-state index contributed by atoms with van der Waals surface area (Å²) >= 11 is 6.73. The molecule has 1 aliphatic carbocycles. The molecule has 1 saturated carbocycles. The van der Waals surface area contributed by atoms with Gasteiger partial charge in [-0.25, -0.2) is 9.97 Å². The second-order valence-electron chi connectivity index (χ2n) is 9.23. The lowest BCUT2D eigenvalue weighted by atomic mass is 9.87. The number of H-pyrrole nitrogens is 1. The predicted octanol–water partition coefficient (Wildman–Crippen LogP) is 5.67. The van der Waals surface area contributed by atoms with Crippen LogP contribution in [0.1, 0.15) is 31.5 Å². The summed E-state index contributed by atoms with van der Waals surface area (Å²) in [4.78, 5) is 17.0. The number of aromatic amines is 1. The number of rotatable bonds is 5. The average Bonchev–Trinajstić information content (AvgIpc) is 3.47. The quantitative estimate of drug-likeness (QED) is 0.330. The van der Waals surface area contributed by atoms with E-state index in [0.717, 1.165) is 54.6 Å². The Morgan fingerprint density at radius 3 is 2.77 bits per heavy atom. The number of aliphatic hydroxyl groups excluding tert-OH is 1. The van der Waals surface area contributed by atoms with Crippen molar-refractivity contribution in [2.45, 2.75) is 45.3 Å². The van der Waals surface area contributed by atoms with Crippen molar-refractivity contribution in [1.29, 1.82) is 0 Å². The largest absolute Gasteiger partial charge is 0.456 e. The molecule has 1 aliphatic rings. The van der Waals surface area contributed by atoms with E-state index in [-0.39, 0.29) is 6.10 Å². The molecule has 0 atom stereocenters. The summed E-state index contributed by atoms with van der Waals surface area (Å²) in [6.07, 6.45) is 9.19. The van der Waals surface area contributed by atoms with Crippen molar-refractivity contribution in [3.63, 3.8) is 0 Å². The Morgan fingerprint density at radius 2 is 1.91 bits per heavy atom. The summed E-state index contributed by atoms with van der Waals surface area (Å²) < 4.78 is 8.05. The van der Waals surface area contributed by atoms with Gasteiger partial charge in [-0.2, -0.15) is 5.10 Å². The van der Waals surface area contributed by atoms with Gasteiger partial charge in [-0.05, 0) is 62.8 Å². The molecule has 0 saturated heterocycles. The lowest BCUT2D eigenvalue weighted by molar-refractivity contribution is 0.103. The summed E-state index contributed by atoms with van der Waals surface area (Å²) in [5.41, 5.74) is 4.65. The Labute approximate surface area is 207 Å². The normalized spacial score (nSPS) is 18.4. The van der Waals surface area contributed by atoms with Gasteiger partial charge < -0.3 is 14.8 Å².